The Labute approximate surface area is 138 Å². The molecule has 0 bridgehead atoms. The van der Waals surface area contributed by atoms with Crippen LogP contribution in [0.4, 0.5) is 0 Å². The van der Waals surface area contributed by atoms with Gasteiger partial charge in [0.25, 0.3) is 0 Å². The Kier molecular flexibility index (Phi) is 6.67. The second-order valence-corrected chi connectivity index (χ2v) is 6.81. The second kappa shape index (κ2) is 8.75. The Bertz CT molecular complexity index is 599. The highest BCUT2D eigenvalue weighted by atomic mass is 32.2. The monoisotopic (exact) mass is 337 g/mol. The molecule has 7 heteroatoms. The fourth-order valence-corrected chi connectivity index (χ4v) is 3.29. The minimum absolute atomic E-state index is 0.0535. The van der Waals surface area contributed by atoms with Gasteiger partial charge in [0, 0.05) is 42.1 Å². The zero-order chi connectivity index (χ0) is 15.8. The lowest BCUT2D eigenvalue weighted by Gasteiger charge is -2.05. The van der Waals surface area contributed by atoms with Crippen molar-refractivity contribution in [2.75, 3.05) is 12.9 Å². The van der Waals surface area contributed by atoms with Crippen molar-refractivity contribution in [2.24, 2.45) is 0 Å². The van der Waals surface area contributed by atoms with Crippen molar-refractivity contribution >= 4 is 29.0 Å². The Morgan fingerprint density at radius 3 is 2.95 bits per heavy atom. The molecule has 1 amide bonds. The molecule has 22 heavy (non-hydrogen) atoms. The number of ether oxygens (including phenoxy) is 1. The number of thioether (sulfide) groups is 1. The summed E-state index contributed by atoms with van der Waals surface area (Å²) in [4.78, 5) is 20.3. The molecule has 0 spiro atoms. The topological polar surface area (TPSA) is 64.1 Å². The number of nitrogens with zero attached hydrogens (tertiary/aromatic N) is 2. The highest BCUT2D eigenvalue weighted by molar-refractivity contribution is 7.98. The molecular weight excluding hydrogens is 318 g/mol. The normalized spacial score (nSPS) is 10.5. The smallest absolute Gasteiger partial charge is 0.221 e. The second-order valence-electron chi connectivity index (χ2n) is 4.65. The number of hydrogen-bond acceptors (Lipinski definition) is 6. The van der Waals surface area contributed by atoms with Gasteiger partial charge in [-0.25, -0.2) is 9.97 Å². The summed E-state index contributed by atoms with van der Waals surface area (Å²) in [6, 6.07) is 3.68. The molecule has 0 fully saturated rings. The van der Waals surface area contributed by atoms with E-state index in [9.17, 15) is 4.79 Å². The molecule has 0 saturated heterocycles. The molecule has 2 aromatic heterocycles. The number of amides is 1. The van der Waals surface area contributed by atoms with Gasteiger partial charge in [-0.2, -0.15) is 11.8 Å². The summed E-state index contributed by atoms with van der Waals surface area (Å²) in [7, 11) is 1.58. The molecule has 0 saturated carbocycles. The van der Waals surface area contributed by atoms with Crippen molar-refractivity contribution in [1.29, 1.82) is 0 Å². The zero-order valence-corrected chi connectivity index (χ0v) is 14.3. The first-order valence-electron chi connectivity index (χ1n) is 6.91. The van der Waals surface area contributed by atoms with Crippen LogP contribution < -0.4 is 10.1 Å². The van der Waals surface area contributed by atoms with Gasteiger partial charge in [-0.3, -0.25) is 4.79 Å². The quantitative estimate of drug-likeness (QED) is 0.751. The van der Waals surface area contributed by atoms with E-state index in [0.717, 1.165) is 27.8 Å². The van der Waals surface area contributed by atoms with Gasteiger partial charge in [0.05, 0.1) is 17.8 Å². The van der Waals surface area contributed by atoms with Crippen LogP contribution in [-0.4, -0.2) is 28.7 Å². The van der Waals surface area contributed by atoms with E-state index in [4.69, 9.17) is 4.74 Å². The number of thiazole rings is 1. The van der Waals surface area contributed by atoms with Gasteiger partial charge < -0.3 is 10.1 Å². The molecule has 1 N–H and O–H groups in total. The molecule has 0 aliphatic heterocycles. The average molecular weight is 337 g/mol. The van der Waals surface area contributed by atoms with E-state index < -0.39 is 0 Å². The summed E-state index contributed by atoms with van der Waals surface area (Å²) in [5.41, 5.74) is 2.05. The Hall–Kier alpha value is -1.60. The summed E-state index contributed by atoms with van der Waals surface area (Å²) in [6.07, 6.45) is 2.22. The molecule has 5 nitrogen and oxygen atoms in total. The van der Waals surface area contributed by atoms with Gasteiger partial charge in [-0.1, -0.05) is 6.07 Å². The highest BCUT2D eigenvalue weighted by Crippen LogP contribution is 2.15. The van der Waals surface area contributed by atoms with Gasteiger partial charge in [0.15, 0.2) is 0 Å². The maximum Gasteiger partial charge on any atom is 0.221 e. The summed E-state index contributed by atoms with van der Waals surface area (Å²) in [5.74, 6) is 2.28. The van der Waals surface area contributed by atoms with Gasteiger partial charge in [-0.15, -0.1) is 11.3 Å². The van der Waals surface area contributed by atoms with Crippen LogP contribution in [0.15, 0.2) is 23.7 Å². The predicted molar refractivity (Wildman–Crippen MR) is 90.3 cm³/mol. The lowest BCUT2D eigenvalue weighted by Crippen LogP contribution is -2.23. The first-order valence-corrected chi connectivity index (χ1v) is 8.95. The summed E-state index contributed by atoms with van der Waals surface area (Å²) in [6.45, 7) is 2.49. The minimum atomic E-state index is 0.0535. The summed E-state index contributed by atoms with van der Waals surface area (Å²) < 4.78 is 4.99. The lowest BCUT2D eigenvalue weighted by molar-refractivity contribution is -0.120. The maximum atomic E-state index is 11.8. The predicted octanol–water partition coefficient (Wildman–Crippen LogP) is 2.79. The standard InChI is InChI=1S/C15H19N3O2S2/c1-11-18-13(10-22-11)9-21-6-5-14(19)16-7-12-3-4-15(20-2)17-8-12/h3-4,8,10H,5-7,9H2,1-2H3,(H,16,19). The summed E-state index contributed by atoms with van der Waals surface area (Å²) >= 11 is 3.39. The van der Waals surface area contributed by atoms with Crippen molar-refractivity contribution in [1.82, 2.24) is 15.3 Å². The fraction of sp³-hybridized carbons (Fsp3) is 0.400. The van der Waals surface area contributed by atoms with Crippen LogP contribution in [0.25, 0.3) is 0 Å². The molecule has 0 radical (unpaired) electrons. The third-order valence-electron chi connectivity index (χ3n) is 2.89. The molecular formula is C15H19N3O2S2. The number of pyridine rings is 1. The third kappa shape index (κ3) is 5.65. The Balaban J connectivity index is 1.61. The van der Waals surface area contributed by atoms with Gasteiger partial charge in [0.1, 0.15) is 0 Å². The van der Waals surface area contributed by atoms with E-state index in [1.807, 2.05) is 13.0 Å². The maximum absolute atomic E-state index is 11.8. The first kappa shape index (κ1) is 16.8. The van der Waals surface area contributed by atoms with Crippen molar-refractivity contribution in [2.45, 2.75) is 25.6 Å². The molecule has 118 valence electrons. The SMILES string of the molecule is COc1ccc(CNC(=O)CCSCc2csc(C)n2)cn1. The summed E-state index contributed by atoms with van der Waals surface area (Å²) in [5, 5.41) is 6.05. The number of methoxy groups -OCH3 is 1. The molecule has 0 aromatic carbocycles. The van der Waals surface area contributed by atoms with Crippen LogP contribution in [-0.2, 0) is 17.1 Å². The first-order chi connectivity index (χ1) is 10.7. The number of aromatic nitrogens is 2. The number of aryl methyl sites for hydroxylation is 1. The molecule has 0 aliphatic rings. The van der Waals surface area contributed by atoms with Crippen molar-refractivity contribution in [3.05, 3.63) is 40.0 Å². The molecule has 0 unspecified atom stereocenters. The van der Waals surface area contributed by atoms with Crippen LogP contribution in [0.3, 0.4) is 0 Å². The Morgan fingerprint density at radius 1 is 1.45 bits per heavy atom. The van der Waals surface area contributed by atoms with E-state index in [1.54, 1.807) is 42.5 Å². The lowest BCUT2D eigenvalue weighted by atomic mass is 10.3. The van der Waals surface area contributed by atoms with Crippen molar-refractivity contribution in [3.63, 3.8) is 0 Å². The van der Waals surface area contributed by atoms with E-state index >= 15 is 0 Å². The third-order valence-corrected chi connectivity index (χ3v) is 4.70. The molecule has 2 rings (SSSR count). The van der Waals surface area contributed by atoms with E-state index in [0.29, 0.717) is 18.8 Å². The van der Waals surface area contributed by atoms with Gasteiger partial charge >= 0.3 is 0 Å². The van der Waals surface area contributed by atoms with Crippen LogP contribution in [0, 0.1) is 6.92 Å². The van der Waals surface area contributed by atoms with Crippen molar-refractivity contribution < 1.29 is 9.53 Å². The number of rotatable bonds is 8. The molecule has 0 aliphatic carbocycles. The molecule has 2 heterocycles. The zero-order valence-electron chi connectivity index (χ0n) is 12.7. The number of carbonyl (C=O) groups is 1. The van der Waals surface area contributed by atoms with Gasteiger partial charge in [-0.05, 0) is 12.5 Å². The highest BCUT2D eigenvalue weighted by Gasteiger charge is 2.04. The van der Waals surface area contributed by atoms with Crippen molar-refractivity contribution in [3.8, 4) is 5.88 Å². The number of nitrogens with one attached hydrogen (secondary N) is 1. The van der Waals surface area contributed by atoms with E-state index in [1.165, 1.54) is 0 Å². The Morgan fingerprint density at radius 2 is 2.32 bits per heavy atom. The number of carbonyl (C=O) groups excluding carboxylic acids is 1. The number of hydrogen-bond donors (Lipinski definition) is 1. The minimum Gasteiger partial charge on any atom is -0.481 e. The van der Waals surface area contributed by atoms with E-state index in [-0.39, 0.29) is 5.91 Å². The molecule has 2 aromatic rings. The van der Waals surface area contributed by atoms with Crippen LogP contribution in [0.1, 0.15) is 22.7 Å². The van der Waals surface area contributed by atoms with Crippen LogP contribution >= 0.6 is 23.1 Å². The average Bonchev–Trinajstić information content (AvgIpc) is 2.95. The van der Waals surface area contributed by atoms with Crippen LogP contribution in [0.2, 0.25) is 0 Å². The molecule has 0 atom stereocenters. The van der Waals surface area contributed by atoms with Gasteiger partial charge in [0.2, 0.25) is 11.8 Å². The van der Waals surface area contributed by atoms with Crippen LogP contribution in [0.5, 0.6) is 5.88 Å². The fourth-order valence-electron chi connectivity index (χ4n) is 1.74. The largest absolute Gasteiger partial charge is 0.481 e. The van der Waals surface area contributed by atoms with E-state index in [2.05, 4.69) is 20.7 Å².